The Hall–Kier alpha value is -4.19. The van der Waals surface area contributed by atoms with Crippen LogP contribution in [0.3, 0.4) is 0 Å². The molecule has 6 nitrogen and oxygen atoms in total. The van der Waals surface area contributed by atoms with Crippen molar-refractivity contribution in [3.8, 4) is 0 Å². The van der Waals surface area contributed by atoms with Crippen LogP contribution < -0.4 is 0 Å². The number of hydrogen-bond acceptors (Lipinski definition) is 6. The van der Waals surface area contributed by atoms with E-state index in [0.29, 0.717) is 19.3 Å². The lowest BCUT2D eigenvalue weighted by Gasteiger charge is -2.18. The van der Waals surface area contributed by atoms with Crippen LogP contribution in [-0.2, 0) is 28.6 Å². The van der Waals surface area contributed by atoms with Gasteiger partial charge in [0.05, 0.1) is 0 Å². The summed E-state index contributed by atoms with van der Waals surface area (Å²) in [6.07, 6.45) is 86.5. The fraction of sp³-hybridized carbons (Fsp3) is 0.667. The molecule has 0 heterocycles. The molecule has 0 bridgehead atoms. The summed E-state index contributed by atoms with van der Waals surface area (Å²) in [5.74, 6) is -0.986. The number of ether oxygens (including phenoxy) is 3. The van der Waals surface area contributed by atoms with Crippen LogP contribution in [0.2, 0.25) is 0 Å². The van der Waals surface area contributed by atoms with Gasteiger partial charge in [0, 0.05) is 19.3 Å². The summed E-state index contributed by atoms with van der Waals surface area (Å²) in [6, 6.07) is 0. The second-order valence-electron chi connectivity index (χ2n) is 20.2. The molecule has 0 aromatic heterocycles. The van der Waals surface area contributed by atoms with Gasteiger partial charge >= 0.3 is 17.9 Å². The molecule has 0 aromatic carbocycles. The molecule has 426 valence electrons. The standard InChI is InChI=1S/C69H114O6/c1-4-7-10-13-16-19-22-25-27-28-29-30-31-32-33-34-35-36-37-38-39-40-42-44-47-50-53-56-59-62-68(71)74-65-66(64-73-67(70)61-58-55-52-49-46-43-24-21-18-15-12-9-6-3)75-69(72)63-60-57-54-51-48-45-41-26-23-20-17-14-11-8-5-2/h7,9-10,12,16,18-19,21,25,27,29-30,32-33,35-36,43,46,52,55,66H,4-6,8,11,13-15,17,20,22-24,26,28,31,34,37-42,44-45,47-51,53-54,56-65H2,1-3H3/b10-7-,12-9-,19-16-,21-18-,27-25-,30-29-,33-32-,36-35-,46-43-,55-52-. The van der Waals surface area contributed by atoms with Crippen molar-refractivity contribution in [3.63, 3.8) is 0 Å². The third kappa shape index (κ3) is 60.6. The van der Waals surface area contributed by atoms with Gasteiger partial charge in [-0.3, -0.25) is 14.4 Å². The minimum atomic E-state index is -0.809. The van der Waals surface area contributed by atoms with E-state index >= 15 is 0 Å². The number of esters is 3. The van der Waals surface area contributed by atoms with Crippen molar-refractivity contribution in [2.45, 2.75) is 284 Å². The zero-order valence-electron chi connectivity index (χ0n) is 48.8. The smallest absolute Gasteiger partial charge is 0.306 e. The first kappa shape index (κ1) is 70.8. The minimum absolute atomic E-state index is 0.102. The molecule has 1 atom stereocenters. The molecule has 1 unspecified atom stereocenters. The highest BCUT2D eigenvalue weighted by atomic mass is 16.6. The molecule has 0 amide bonds. The molecule has 0 rings (SSSR count). The lowest BCUT2D eigenvalue weighted by Crippen LogP contribution is -2.30. The van der Waals surface area contributed by atoms with Gasteiger partial charge in [-0.1, -0.05) is 284 Å². The normalized spacial score (nSPS) is 12.9. The highest BCUT2D eigenvalue weighted by Gasteiger charge is 2.19. The summed E-state index contributed by atoms with van der Waals surface area (Å²) in [5, 5.41) is 0. The number of carbonyl (C=O) groups excluding carboxylic acids is 3. The second kappa shape index (κ2) is 62.4. The molecular weight excluding hydrogens is 925 g/mol. The quantitative estimate of drug-likeness (QED) is 0.0261. The van der Waals surface area contributed by atoms with Crippen LogP contribution in [-0.4, -0.2) is 37.2 Å². The van der Waals surface area contributed by atoms with Crippen LogP contribution in [0.25, 0.3) is 0 Å². The van der Waals surface area contributed by atoms with E-state index in [0.717, 1.165) is 103 Å². The average Bonchev–Trinajstić information content (AvgIpc) is 3.41. The number of carbonyl (C=O) groups is 3. The highest BCUT2D eigenvalue weighted by Crippen LogP contribution is 2.16. The molecule has 0 spiro atoms. The topological polar surface area (TPSA) is 78.9 Å². The van der Waals surface area contributed by atoms with Gasteiger partial charge < -0.3 is 14.2 Å². The van der Waals surface area contributed by atoms with Crippen molar-refractivity contribution in [2.75, 3.05) is 13.2 Å². The zero-order valence-corrected chi connectivity index (χ0v) is 48.8. The van der Waals surface area contributed by atoms with Gasteiger partial charge in [-0.05, 0) is 96.3 Å². The SMILES string of the molecule is CC/C=C\C/C=C\C/C=C\C/C=C\C/C=C\C/C=C\CCCCCCCCCCCCC(=O)OCC(COC(=O)CC/C=C\C/C=C\C/C=C\C/C=C\CC)OC(=O)CCCCCCCCCCCCCCCCC. The number of hydrogen-bond donors (Lipinski definition) is 0. The highest BCUT2D eigenvalue weighted by molar-refractivity contribution is 5.71. The molecule has 75 heavy (non-hydrogen) atoms. The first-order chi connectivity index (χ1) is 37.0. The van der Waals surface area contributed by atoms with Crippen molar-refractivity contribution < 1.29 is 28.6 Å². The van der Waals surface area contributed by atoms with Crippen molar-refractivity contribution in [1.29, 1.82) is 0 Å². The Balaban J connectivity index is 4.31. The summed E-state index contributed by atoms with van der Waals surface area (Å²) in [4.78, 5) is 38.2. The van der Waals surface area contributed by atoms with E-state index < -0.39 is 6.10 Å². The number of unbranched alkanes of at least 4 members (excludes halogenated alkanes) is 24. The average molecular weight is 1040 g/mol. The summed E-state index contributed by atoms with van der Waals surface area (Å²) < 4.78 is 16.8. The van der Waals surface area contributed by atoms with E-state index in [1.54, 1.807) is 0 Å². The van der Waals surface area contributed by atoms with E-state index in [-0.39, 0.29) is 37.5 Å². The predicted octanol–water partition coefficient (Wildman–Crippen LogP) is 21.2. The van der Waals surface area contributed by atoms with Crippen LogP contribution in [0.4, 0.5) is 0 Å². The van der Waals surface area contributed by atoms with E-state index in [4.69, 9.17) is 14.2 Å². The van der Waals surface area contributed by atoms with Crippen molar-refractivity contribution in [1.82, 2.24) is 0 Å². The van der Waals surface area contributed by atoms with Crippen LogP contribution in [0.15, 0.2) is 122 Å². The van der Waals surface area contributed by atoms with Crippen molar-refractivity contribution >= 4 is 17.9 Å². The molecule has 0 saturated carbocycles. The van der Waals surface area contributed by atoms with Gasteiger partial charge in [-0.15, -0.1) is 0 Å². The van der Waals surface area contributed by atoms with Crippen molar-refractivity contribution in [3.05, 3.63) is 122 Å². The van der Waals surface area contributed by atoms with Gasteiger partial charge in [0.15, 0.2) is 6.10 Å². The molecule has 0 N–H and O–H groups in total. The monoisotopic (exact) mass is 1040 g/mol. The molecule has 0 aromatic rings. The first-order valence-corrected chi connectivity index (χ1v) is 31.0. The van der Waals surface area contributed by atoms with Crippen LogP contribution in [0, 0.1) is 0 Å². The molecule has 0 saturated heterocycles. The van der Waals surface area contributed by atoms with Crippen LogP contribution in [0.1, 0.15) is 278 Å². The predicted molar refractivity (Wildman–Crippen MR) is 325 cm³/mol. The Morgan fingerprint density at radius 1 is 0.280 bits per heavy atom. The van der Waals surface area contributed by atoms with Crippen molar-refractivity contribution in [2.24, 2.45) is 0 Å². The Kier molecular flexibility index (Phi) is 58.9. The van der Waals surface area contributed by atoms with Gasteiger partial charge in [-0.25, -0.2) is 0 Å². The van der Waals surface area contributed by atoms with Gasteiger partial charge in [0.2, 0.25) is 0 Å². The molecule has 0 aliphatic rings. The van der Waals surface area contributed by atoms with Gasteiger partial charge in [0.1, 0.15) is 13.2 Å². The zero-order chi connectivity index (χ0) is 54.3. The molecule has 0 radical (unpaired) electrons. The Morgan fingerprint density at radius 2 is 0.547 bits per heavy atom. The fourth-order valence-corrected chi connectivity index (χ4v) is 8.40. The lowest BCUT2D eigenvalue weighted by molar-refractivity contribution is -0.166. The summed E-state index contributed by atoms with van der Waals surface area (Å²) >= 11 is 0. The van der Waals surface area contributed by atoms with E-state index in [1.165, 1.54) is 128 Å². The maximum absolute atomic E-state index is 12.9. The van der Waals surface area contributed by atoms with Crippen LogP contribution >= 0.6 is 0 Å². The fourth-order valence-electron chi connectivity index (χ4n) is 8.40. The Morgan fingerprint density at radius 3 is 0.893 bits per heavy atom. The molecular formula is C69H114O6. The van der Waals surface area contributed by atoms with E-state index in [2.05, 4.69) is 136 Å². The second-order valence-corrected chi connectivity index (χ2v) is 20.2. The summed E-state index contributed by atoms with van der Waals surface area (Å²) in [6.45, 7) is 6.35. The molecule has 6 heteroatoms. The van der Waals surface area contributed by atoms with E-state index in [9.17, 15) is 14.4 Å². The minimum Gasteiger partial charge on any atom is -0.462 e. The molecule has 0 aliphatic carbocycles. The first-order valence-electron chi connectivity index (χ1n) is 31.0. The Labute approximate surface area is 462 Å². The van der Waals surface area contributed by atoms with Gasteiger partial charge in [0.25, 0.3) is 0 Å². The van der Waals surface area contributed by atoms with Gasteiger partial charge in [-0.2, -0.15) is 0 Å². The summed E-state index contributed by atoms with van der Waals surface area (Å²) in [7, 11) is 0. The number of rotatable bonds is 55. The van der Waals surface area contributed by atoms with E-state index in [1.807, 2.05) is 6.08 Å². The third-order valence-corrected chi connectivity index (χ3v) is 13.0. The molecule has 0 aliphatic heterocycles. The largest absolute Gasteiger partial charge is 0.462 e. The van der Waals surface area contributed by atoms with Crippen LogP contribution in [0.5, 0.6) is 0 Å². The molecule has 0 fully saturated rings. The maximum Gasteiger partial charge on any atom is 0.306 e. The number of allylic oxidation sites excluding steroid dienone is 20. The Bertz CT molecular complexity index is 1570. The lowest BCUT2D eigenvalue weighted by atomic mass is 10.0. The maximum atomic E-state index is 12.9. The third-order valence-electron chi connectivity index (χ3n) is 13.0. The summed E-state index contributed by atoms with van der Waals surface area (Å²) in [5.41, 5.74) is 0.